The van der Waals surface area contributed by atoms with Crippen LogP contribution in [0.4, 0.5) is 36.4 Å². The van der Waals surface area contributed by atoms with Gasteiger partial charge in [0.05, 0.1) is 17.2 Å². The lowest BCUT2D eigenvalue weighted by molar-refractivity contribution is -0.137. The molecule has 0 bridgehead atoms. The Hall–Kier alpha value is -3.30. The van der Waals surface area contributed by atoms with E-state index >= 15 is 0 Å². The number of likely N-dealkylation sites (tertiary alicyclic amines) is 1. The molecule has 1 aromatic carbocycles. The Morgan fingerprint density at radius 1 is 1.23 bits per heavy atom. The molecule has 2 aromatic rings. The number of halogens is 3. The van der Waals surface area contributed by atoms with E-state index < -0.39 is 11.7 Å². The second-order valence-corrected chi connectivity index (χ2v) is 7.79. The second-order valence-electron chi connectivity index (χ2n) is 7.79. The number of aromatic nitrogens is 2. The number of alkyl halides is 3. The van der Waals surface area contributed by atoms with Gasteiger partial charge in [0.1, 0.15) is 11.6 Å². The Morgan fingerprint density at radius 2 is 2.00 bits per heavy atom. The molecule has 31 heavy (non-hydrogen) atoms. The molecular formula is C21H24F3N7. The number of hydrogen-bond acceptors (Lipinski definition) is 7. The molecule has 10 heteroatoms. The van der Waals surface area contributed by atoms with Crippen LogP contribution in [0.5, 0.6) is 0 Å². The predicted molar refractivity (Wildman–Crippen MR) is 115 cm³/mol. The van der Waals surface area contributed by atoms with E-state index in [2.05, 4.69) is 26.8 Å². The molecule has 4 rings (SSSR count). The van der Waals surface area contributed by atoms with Gasteiger partial charge in [0, 0.05) is 37.2 Å². The molecule has 0 aliphatic carbocycles. The lowest BCUT2D eigenvalue weighted by atomic mass is 10.00. The molecule has 2 aliphatic rings. The molecule has 0 atom stereocenters. The zero-order chi connectivity index (χ0) is 22.2. The minimum atomic E-state index is -4.46. The largest absolute Gasteiger partial charge is 0.416 e. The maximum Gasteiger partial charge on any atom is 0.416 e. The number of piperidine rings is 1. The first kappa shape index (κ1) is 21.0. The Kier molecular flexibility index (Phi) is 5.47. The van der Waals surface area contributed by atoms with Crippen LogP contribution in [0.15, 0.2) is 36.5 Å². The zero-order valence-electron chi connectivity index (χ0n) is 16.9. The van der Waals surface area contributed by atoms with Gasteiger partial charge in [-0.3, -0.25) is 0 Å². The molecule has 2 fully saturated rings. The Morgan fingerprint density at radius 3 is 2.68 bits per heavy atom. The van der Waals surface area contributed by atoms with Gasteiger partial charge in [-0.25, -0.2) is 0 Å². The number of anilines is 4. The molecule has 0 radical (unpaired) electrons. The van der Waals surface area contributed by atoms with Crippen LogP contribution in [-0.4, -0.2) is 46.8 Å². The topological polar surface area (TPSA) is 94.2 Å². The van der Waals surface area contributed by atoms with Crippen LogP contribution in [0.2, 0.25) is 0 Å². The smallest absolute Gasteiger partial charge is 0.369 e. The third kappa shape index (κ3) is 4.28. The Bertz CT molecular complexity index is 999. The summed E-state index contributed by atoms with van der Waals surface area (Å²) >= 11 is 0. The van der Waals surface area contributed by atoms with E-state index in [1.807, 2.05) is 4.90 Å². The van der Waals surface area contributed by atoms with Crippen molar-refractivity contribution >= 4 is 29.5 Å². The summed E-state index contributed by atoms with van der Waals surface area (Å²) in [4.78, 5) is 12.8. The molecule has 2 saturated heterocycles. The van der Waals surface area contributed by atoms with Crippen molar-refractivity contribution in [2.45, 2.75) is 31.5 Å². The van der Waals surface area contributed by atoms with E-state index in [-0.39, 0.29) is 17.5 Å². The van der Waals surface area contributed by atoms with Crippen LogP contribution in [0.25, 0.3) is 0 Å². The summed E-state index contributed by atoms with van der Waals surface area (Å²) in [6, 6.07) is 5.13. The number of nitrogens with two attached hydrogens (primary N) is 1. The van der Waals surface area contributed by atoms with Gasteiger partial charge in [-0.15, -0.1) is 0 Å². The average Bonchev–Trinajstić information content (AvgIpc) is 2.68. The van der Waals surface area contributed by atoms with Crippen LogP contribution >= 0.6 is 0 Å². The lowest BCUT2D eigenvalue weighted by Crippen LogP contribution is -2.60. The normalized spacial score (nSPS) is 17.5. The van der Waals surface area contributed by atoms with Crippen molar-refractivity contribution in [2.24, 2.45) is 0 Å². The maximum absolute atomic E-state index is 13.0. The van der Waals surface area contributed by atoms with Gasteiger partial charge < -0.3 is 26.3 Å². The first-order valence-corrected chi connectivity index (χ1v) is 10.1. The number of nitrogen functional groups attached to an aromatic ring is 1. The van der Waals surface area contributed by atoms with Gasteiger partial charge in [0.15, 0.2) is 0 Å². The number of rotatable bonds is 5. The van der Waals surface area contributed by atoms with E-state index in [0.717, 1.165) is 49.9 Å². The van der Waals surface area contributed by atoms with E-state index in [0.29, 0.717) is 30.5 Å². The van der Waals surface area contributed by atoms with Crippen molar-refractivity contribution in [3.05, 3.63) is 47.7 Å². The van der Waals surface area contributed by atoms with Crippen molar-refractivity contribution in [2.75, 3.05) is 35.6 Å². The molecule has 4 N–H and O–H groups in total. The highest BCUT2D eigenvalue weighted by atomic mass is 19.4. The van der Waals surface area contributed by atoms with Crippen molar-refractivity contribution in [1.82, 2.24) is 14.9 Å². The fraction of sp³-hybridized carbons (Fsp3) is 0.381. The molecular weight excluding hydrogens is 407 g/mol. The van der Waals surface area contributed by atoms with Gasteiger partial charge in [-0.1, -0.05) is 12.6 Å². The maximum atomic E-state index is 13.0. The predicted octanol–water partition coefficient (Wildman–Crippen LogP) is 4.01. The van der Waals surface area contributed by atoms with E-state index in [1.165, 1.54) is 12.1 Å². The summed E-state index contributed by atoms with van der Waals surface area (Å²) in [6.07, 6.45) is -0.0435. The highest BCUT2D eigenvalue weighted by Crippen LogP contribution is 2.34. The molecule has 0 saturated carbocycles. The fourth-order valence-electron chi connectivity index (χ4n) is 4.03. The van der Waals surface area contributed by atoms with E-state index in [9.17, 15) is 13.2 Å². The van der Waals surface area contributed by atoms with Gasteiger partial charge in [-0.2, -0.15) is 23.1 Å². The lowest BCUT2D eigenvalue weighted by Gasteiger charge is -2.49. The number of benzene rings is 1. The van der Waals surface area contributed by atoms with Crippen LogP contribution in [-0.2, 0) is 6.18 Å². The average molecular weight is 431 g/mol. The van der Waals surface area contributed by atoms with E-state index in [4.69, 9.17) is 11.1 Å². The summed E-state index contributed by atoms with van der Waals surface area (Å²) in [5, 5.41) is 10.7. The highest BCUT2D eigenvalue weighted by Gasteiger charge is 2.36. The molecule has 164 valence electrons. The molecule has 1 aromatic heterocycles. The Labute approximate surface area is 178 Å². The van der Waals surface area contributed by atoms with Gasteiger partial charge in [0.25, 0.3) is 0 Å². The quantitative estimate of drug-likeness (QED) is 0.620. The molecule has 0 spiro atoms. The van der Waals surface area contributed by atoms with Crippen LogP contribution in [0.1, 0.15) is 30.4 Å². The minimum Gasteiger partial charge on any atom is -0.369 e. The van der Waals surface area contributed by atoms with Gasteiger partial charge in [-0.05, 0) is 37.5 Å². The number of hydrogen-bond donors (Lipinski definition) is 3. The zero-order valence-corrected chi connectivity index (χ0v) is 16.9. The number of allylic oxidation sites excluding steroid dienone is 1. The first-order valence-electron chi connectivity index (χ1n) is 10.1. The third-order valence-corrected chi connectivity index (χ3v) is 5.66. The molecule has 0 unspecified atom stereocenters. The van der Waals surface area contributed by atoms with Crippen LogP contribution < -0.4 is 16.0 Å². The summed E-state index contributed by atoms with van der Waals surface area (Å²) in [5.74, 6) is 0.680. The standard InChI is InChI=1S/C21H24F3N7/c1-13-5-2-3-8-31(13)16-11-30(12-16)19-17(10-25)18(28-20(26)29-19)27-15-7-4-6-14(9-15)21(22,23)24/h4,6-7,9-10,16,25H,1-3,5,8,11-12H2,(H3,26,27,28,29). The van der Waals surface area contributed by atoms with Gasteiger partial charge >= 0.3 is 6.18 Å². The Balaban J connectivity index is 1.56. The highest BCUT2D eigenvalue weighted by molar-refractivity contribution is 5.93. The minimum absolute atomic E-state index is 0.0130. The van der Waals surface area contributed by atoms with Crippen molar-refractivity contribution in [3.8, 4) is 0 Å². The SMILES string of the molecule is C=C1CCCCN1C1CN(c2nc(N)nc(Nc3cccc(C(F)(F)F)c3)c2C=N)C1. The van der Waals surface area contributed by atoms with Gasteiger partial charge in [0.2, 0.25) is 5.95 Å². The first-order chi connectivity index (χ1) is 14.8. The fourth-order valence-corrected chi connectivity index (χ4v) is 4.03. The molecule has 3 heterocycles. The van der Waals surface area contributed by atoms with Crippen molar-refractivity contribution < 1.29 is 13.2 Å². The number of nitrogens with one attached hydrogen (secondary N) is 2. The summed E-state index contributed by atoms with van der Waals surface area (Å²) in [5.41, 5.74) is 6.84. The number of nitrogens with zero attached hydrogens (tertiary/aromatic N) is 4. The van der Waals surface area contributed by atoms with Crippen molar-refractivity contribution in [1.29, 1.82) is 5.41 Å². The monoisotopic (exact) mass is 431 g/mol. The van der Waals surface area contributed by atoms with E-state index in [1.54, 1.807) is 0 Å². The van der Waals surface area contributed by atoms with Crippen LogP contribution in [0.3, 0.4) is 0 Å². The summed E-state index contributed by atoms with van der Waals surface area (Å²) < 4.78 is 39.1. The second kappa shape index (κ2) is 8.09. The van der Waals surface area contributed by atoms with Crippen LogP contribution in [0, 0.1) is 5.41 Å². The molecule has 2 aliphatic heterocycles. The van der Waals surface area contributed by atoms with Crippen molar-refractivity contribution in [3.63, 3.8) is 0 Å². The summed E-state index contributed by atoms with van der Waals surface area (Å²) in [6.45, 7) is 6.57. The third-order valence-electron chi connectivity index (χ3n) is 5.66. The molecule has 7 nitrogen and oxygen atoms in total. The molecule has 0 amide bonds. The summed E-state index contributed by atoms with van der Waals surface area (Å²) in [7, 11) is 0.